The van der Waals surface area contributed by atoms with Crippen LogP contribution in [-0.4, -0.2) is 30.8 Å². The van der Waals surface area contributed by atoms with E-state index in [0.717, 1.165) is 6.42 Å². The van der Waals surface area contributed by atoms with Gasteiger partial charge in [0, 0.05) is 6.42 Å². The minimum absolute atomic E-state index is 0.625. The molecular weight excluding hydrogens is 150 g/mol. The number of unbranched alkanes of at least 4 members (excludes halogenated alkanes) is 3. The molecule has 0 saturated carbocycles. The SMILES string of the molecule is O=[C]CCCCCN1CCCC1. The van der Waals surface area contributed by atoms with Crippen molar-refractivity contribution < 1.29 is 4.79 Å². The van der Waals surface area contributed by atoms with E-state index in [2.05, 4.69) is 4.90 Å². The zero-order chi connectivity index (χ0) is 8.65. The second kappa shape index (κ2) is 6.18. The van der Waals surface area contributed by atoms with Crippen molar-refractivity contribution in [1.29, 1.82) is 0 Å². The first-order chi connectivity index (χ1) is 5.93. The monoisotopic (exact) mass is 168 g/mol. The molecule has 0 aromatic rings. The Labute approximate surface area is 74.9 Å². The molecule has 1 heterocycles. The topological polar surface area (TPSA) is 20.3 Å². The van der Waals surface area contributed by atoms with Crippen molar-refractivity contribution in [3.8, 4) is 0 Å². The van der Waals surface area contributed by atoms with Crippen LogP contribution in [-0.2, 0) is 4.79 Å². The summed E-state index contributed by atoms with van der Waals surface area (Å²) in [5.41, 5.74) is 0. The third-order valence-electron chi connectivity index (χ3n) is 2.45. The van der Waals surface area contributed by atoms with Gasteiger partial charge in [-0.05, 0) is 45.3 Å². The van der Waals surface area contributed by atoms with Crippen molar-refractivity contribution in [2.75, 3.05) is 19.6 Å². The lowest BCUT2D eigenvalue weighted by atomic mass is 10.2. The highest BCUT2D eigenvalue weighted by Gasteiger charge is 2.09. The van der Waals surface area contributed by atoms with Crippen LogP contribution in [0, 0.1) is 0 Å². The summed E-state index contributed by atoms with van der Waals surface area (Å²) >= 11 is 0. The molecule has 0 aliphatic carbocycles. The molecule has 2 nitrogen and oxygen atoms in total. The van der Waals surface area contributed by atoms with Gasteiger partial charge in [-0.2, -0.15) is 0 Å². The van der Waals surface area contributed by atoms with E-state index in [4.69, 9.17) is 0 Å². The van der Waals surface area contributed by atoms with E-state index < -0.39 is 0 Å². The molecule has 69 valence electrons. The van der Waals surface area contributed by atoms with Gasteiger partial charge in [0.25, 0.3) is 0 Å². The number of carbonyl (C=O) groups excluding carboxylic acids is 1. The average Bonchev–Trinajstić information content (AvgIpc) is 2.57. The van der Waals surface area contributed by atoms with Crippen LogP contribution in [0.4, 0.5) is 0 Å². The summed E-state index contributed by atoms with van der Waals surface area (Å²) in [5, 5.41) is 0. The van der Waals surface area contributed by atoms with Crippen molar-refractivity contribution in [2.45, 2.75) is 38.5 Å². The molecule has 1 fully saturated rings. The molecule has 2 heteroatoms. The van der Waals surface area contributed by atoms with Crippen molar-refractivity contribution in [3.05, 3.63) is 0 Å². The highest BCUT2D eigenvalue weighted by atomic mass is 16.1. The van der Waals surface area contributed by atoms with E-state index >= 15 is 0 Å². The van der Waals surface area contributed by atoms with Crippen LogP contribution in [0.2, 0.25) is 0 Å². The number of rotatable bonds is 6. The predicted octanol–water partition coefficient (Wildman–Crippen LogP) is 1.75. The lowest BCUT2D eigenvalue weighted by molar-refractivity contribution is 0.329. The molecule has 0 spiro atoms. The Morgan fingerprint density at radius 3 is 2.50 bits per heavy atom. The van der Waals surface area contributed by atoms with Crippen LogP contribution >= 0.6 is 0 Å². The second-order valence-corrected chi connectivity index (χ2v) is 3.50. The molecule has 1 saturated heterocycles. The Hall–Kier alpha value is -0.370. The van der Waals surface area contributed by atoms with E-state index in [9.17, 15) is 4.79 Å². The number of hydrogen-bond acceptors (Lipinski definition) is 2. The number of hydrogen-bond donors (Lipinski definition) is 0. The van der Waals surface area contributed by atoms with E-state index in [-0.39, 0.29) is 0 Å². The highest BCUT2D eigenvalue weighted by Crippen LogP contribution is 2.09. The van der Waals surface area contributed by atoms with Crippen molar-refractivity contribution in [3.63, 3.8) is 0 Å². The summed E-state index contributed by atoms with van der Waals surface area (Å²) in [6.45, 7) is 3.82. The van der Waals surface area contributed by atoms with Gasteiger partial charge in [-0.3, -0.25) is 4.79 Å². The zero-order valence-electron chi connectivity index (χ0n) is 7.72. The van der Waals surface area contributed by atoms with E-state index in [1.165, 1.54) is 45.3 Å². The Morgan fingerprint density at radius 1 is 1.08 bits per heavy atom. The van der Waals surface area contributed by atoms with E-state index in [1.54, 1.807) is 0 Å². The summed E-state index contributed by atoms with van der Waals surface area (Å²) in [4.78, 5) is 12.4. The third kappa shape index (κ3) is 3.86. The molecule has 0 aromatic heterocycles. The van der Waals surface area contributed by atoms with Crippen LogP contribution < -0.4 is 0 Å². The van der Waals surface area contributed by atoms with Crippen molar-refractivity contribution in [1.82, 2.24) is 4.90 Å². The fourth-order valence-corrected chi connectivity index (χ4v) is 1.72. The van der Waals surface area contributed by atoms with Crippen LogP contribution in [0.5, 0.6) is 0 Å². The quantitative estimate of drug-likeness (QED) is 0.563. The minimum atomic E-state index is 0.625. The molecule has 1 radical (unpaired) electrons. The fraction of sp³-hybridized carbons (Fsp3) is 0.900. The normalized spacial score (nSPS) is 18.3. The van der Waals surface area contributed by atoms with Gasteiger partial charge in [-0.15, -0.1) is 0 Å². The summed E-state index contributed by atoms with van der Waals surface area (Å²) in [6.07, 6.45) is 8.77. The molecule has 12 heavy (non-hydrogen) atoms. The van der Waals surface area contributed by atoms with Gasteiger partial charge >= 0.3 is 0 Å². The van der Waals surface area contributed by atoms with Crippen LogP contribution in [0.25, 0.3) is 0 Å². The predicted molar refractivity (Wildman–Crippen MR) is 49.8 cm³/mol. The molecule has 0 unspecified atom stereocenters. The maximum atomic E-state index is 9.89. The molecule has 0 atom stereocenters. The molecule has 0 aromatic carbocycles. The van der Waals surface area contributed by atoms with Crippen molar-refractivity contribution in [2.24, 2.45) is 0 Å². The average molecular weight is 168 g/mol. The molecule has 0 bridgehead atoms. The maximum absolute atomic E-state index is 9.89. The molecule has 0 N–H and O–H groups in total. The first kappa shape index (κ1) is 9.72. The molecule has 1 rings (SSSR count). The largest absolute Gasteiger partial charge is 0.303 e. The smallest absolute Gasteiger partial charge is 0.198 e. The van der Waals surface area contributed by atoms with E-state index in [0.29, 0.717) is 6.42 Å². The Balaban J connectivity index is 1.84. The first-order valence-electron chi connectivity index (χ1n) is 5.01. The van der Waals surface area contributed by atoms with Gasteiger partial charge in [0.1, 0.15) is 0 Å². The van der Waals surface area contributed by atoms with E-state index in [1.807, 2.05) is 6.29 Å². The summed E-state index contributed by atoms with van der Waals surface area (Å²) in [6, 6.07) is 0. The van der Waals surface area contributed by atoms with Gasteiger partial charge in [0.05, 0.1) is 0 Å². The van der Waals surface area contributed by atoms with Crippen LogP contribution in [0.15, 0.2) is 0 Å². The minimum Gasteiger partial charge on any atom is -0.303 e. The lowest BCUT2D eigenvalue weighted by Gasteiger charge is -2.13. The lowest BCUT2D eigenvalue weighted by Crippen LogP contribution is -2.20. The van der Waals surface area contributed by atoms with Gasteiger partial charge in [0.15, 0.2) is 6.29 Å². The van der Waals surface area contributed by atoms with Crippen molar-refractivity contribution >= 4 is 6.29 Å². The molecular formula is C10H18NO. The summed E-state index contributed by atoms with van der Waals surface area (Å²) in [5.74, 6) is 0. The standard InChI is InChI=1S/C10H18NO/c12-10-6-2-1-3-7-11-8-4-5-9-11/h1-9H2. The highest BCUT2D eigenvalue weighted by molar-refractivity contribution is 5.50. The van der Waals surface area contributed by atoms with Gasteiger partial charge in [-0.1, -0.05) is 6.42 Å². The zero-order valence-corrected chi connectivity index (χ0v) is 7.72. The fourth-order valence-electron chi connectivity index (χ4n) is 1.72. The Bertz CT molecular complexity index is 119. The first-order valence-corrected chi connectivity index (χ1v) is 5.01. The Kier molecular flexibility index (Phi) is 5.00. The summed E-state index contributed by atoms with van der Waals surface area (Å²) < 4.78 is 0. The molecule has 1 aliphatic heterocycles. The third-order valence-corrected chi connectivity index (χ3v) is 2.45. The second-order valence-electron chi connectivity index (χ2n) is 3.50. The van der Waals surface area contributed by atoms with Crippen LogP contribution in [0.1, 0.15) is 38.5 Å². The molecule has 0 amide bonds. The maximum Gasteiger partial charge on any atom is 0.198 e. The van der Waals surface area contributed by atoms with Crippen LogP contribution in [0.3, 0.4) is 0 Å². The Morgan fingerprint density at radius 2 is 1.83 bits per heavy atom. The number of nitrogens with zero attached hydrogens (tertiary/aromatic N) is 1. The summed E-state index contributed by atoms with van der Waals surface area (Å²) in [7, 11) is 0. The van der Waals surface area contributed by atoms with Gasteiger partial charge in [-0.25, -0.2) is 0 Å². The van der Waals surface area contributed by atoms with Gasteiger partial charge < -0.3 is 4.90 Å². The number of likely N-dealkylation sites (tertiary alicyclic amines) is 1. The molecule has 1 aliphatic rings. The van der Waals surface area contributed by atoms with Gasteiger partial charge in [0.2, 0.25) is 0 Å².